The van der Waals surface area contributed by atoms with Gasteiger partial charge in [-0.05, 0) is 24.1 Å². The predicted octanol–water partition coefficient (Wildman–Crippen LogP) is 2.13. The van der Waals surface area contributed by atoms with Gasteiger partial charge in [-0.2, -0.15) is 13.2 Å². The lowest BCUT2D eigenvalue weighted by molar-refractivity contribution is -0.138. The summed E-state index contributed by atoms with van der Waals surface area (Å²) in [5.41, 5.74) is 5.14. The van der Waals surface area contributed by atoms with Crippen LogP contribution in [-0.4, -0.2) is 9.78 Å². The van der Waals surface area contributed by atoms with Gasteiger partial charge in [0.2, 0.25) is 0 Å². The lowest BCUT2D eigenvalue weighted by atomic mass is 10.0. The molecule has 0 aliphatic carbocycles. The molecule has 7 heteroatoms. The first-order valence-corrected chi connectivity index (χ1v) is 5.49. The molecule has 0 atom stereocenters. The molecule has 0 spiro atoms. The third kappa shape index (κ3) is 2.81. The summed E-state index contributed by atoms with van der Waals surface area (Å²) in [6.45, 7) is 1.53. The van der Waals surface area contributed by atoms with Crippen molar-refractivity contribution < 1.29 is 13.2 Å². The molecule has 1 heterocycles. The maximum atomic E-state index is 12.6. The van der Waals surface area contributed by atoms with Crippen molar-refractivity contribution in [3.63, 3.8) is 0 Å². The molecule has 1 aromatic heterocycles. The summed E-state index contributed by atoms with van der Waals surface area (Å²) in [6, 6.07) is 4.99. The smallest absolute Gasteiger partial charge is 0.384 e. The molecule has 4 nitrogen and oxygen atoms in total. The molecule has 0 aliphatic rings. The maximum Gasteiger partial charge on any atom is 0.416 e. The van der Waals surface area contributed by atoms with Crippen molar-refractivity contribution >= 4 is 5.82 Å². The van der Waals surface area contributed by atoms with Crippen molar-refractivity contribution in [1.82, 2.24) is 9.78 Å². The molecular formula is C12H12F3N3O. The van der Waals surface area contributed by atoms with Gasteiger partial charge in [0.1, 0.15) is 5.82 Å². The number of hydrogen-bond acceptors (Lipinski definition) is 2. The number of halogens is 3. The Morgan fingerprint density at radius 3 is 2.47 bits per heavy atom. The third-order valence-electron chi connectivity index (χ3n) is 2.75. The van der Waals surface area contributed by atoms with E-state index in [4.69, 9.17) is 5.73 Å². The number of nitrogens with zero attached hydrogens (tertiary/aromatic N) is 1. The molecule has 0 bridgehead atoms. The molecule has 0 saturated heterocycles. The van der Waals surface area contributed by atoms with E-state index in [0.29, 0.717) is 5.56 Å². The lowest BCUT2D eigenvalue weighted by Crippen LogP contribution is -2.17. The average Bonchev–Trinajstić information content (AvgIpc) is 2.55. The Morgan fingerprint density at radius 2 is 2.00 bits per heavy atom. The first kappa shape index (κ1) is 13.3. The molecule has 2 rings (SSSR count). The minimum absolute atomic E-state index is 0.123. The number of rotatable bonds is 2. The van der Waals surface area contributed by atoms with Crippen molar-refractivity contribution in [2.75, 3.05) is 5.73 Å². The molecule has 102 valence electrons. The number of nitrogens with one attached hydrogen (secondary N) is 1. The summed E-state index contributed by atoms with van der Waals surface area (Å²) >= 11 is 0. The fraction of sp³-hybridized carbons (Fsp3) is 0.250. The summed E-state index contributed by atoms with van der Waals surface area (Å²) in [5, 5.41) is 2.62. The molecule has 0 radical (unpaired) electrons. The average molecular weight is 271 g/mol. The Bertz CT molecular complexity index is 655. The van der Waals surface area contributed by atoms with Crippen LogP contribution >= 0.6 is 0 Å². The quantitative estimate of drug-likeness (QED) is 0.878. The molecule has 0 fully saturated rings. The van der Waals surface area contributed by atoms with Gasteiger partial charge in [0.05, 0.1) is 12.1 Å². The van der Waals surface area contributed by atoms with Gasteiger partial charge < -0.3 is 5.73 Å². The van der Waals surface area contributed by atoms with Gasteiger partial charge in [0.15, 0.2) is 0 Å². The van der Waals surface area contributed by atoms with E-state index in [0.717, 1.165) is 6.07 Å². The van der Waals surface area contributed by atoms with Crippen molar-refractivity contribution in [3.8, 4) is 0 Å². The van der Waals surface area contributed by atoms with E-state index < -0.39 is 11.7 Å². The van der Waals surface area contributed by atoms with Crippen molar-refractivity contribution in [2.24, 2.45) is 0 Å². The van der Waals surface area contributed by atoms with Crippen molar-refractivity contribution in [3.05, 3.63) is 51.3 Å². The van der Waals surface area contributed by atoms with Crippen LogP contribution in [0.2, 0.25) is 0 Å². The van der Waals surface area contributed by atoms with Crippen LogP contribution in [0.15, 0.2) is 29.1 Å². The second-order valence-electron chi connectivity index (χ2n) is 4.28. The zero-order valence-electron chi connectivity index (χ0n) is 10.1. The van der Waals surface area contributed by atoms with Gasteiger partial charge in [0, 0.05) is 6.07 Å². The molecule has 1 aromatic carbocycles. The van der Waals surface area contributed by atoms with Gasteiger partial charge in [-0.3, -0.25) is 9.89 Å². The van der Waals surface area contributed by atoms with E-state index in [1.807, 2.05) is 0 Å². The molecule has 3 N–H and O–H groups in total. The largest absolute Gasteiger partial charge is 0.416 e. The highest BCUT2D eigenvalue weighted by Crippen LogP contribution is 2.32. The minimum Gasteiger partial charge on any atom is -0.384 e. The summed E-state index contributed by atoms with van der Waals surface area (Å²) in [7, 11) is 0. The number of anilines is 1. The zero-order chi connectivity index (χ0) is 14.2. The van der Waals surface area contributed by atoms with E-state index in [-0.39, 0.29) is 23.5 Å². The monoisotopic (exact) mass is 271 g/mol. The van der Waals surface area contributed by atoms with Crippen LogP contribution in [0.4, 0.5) is 19.0 Å². The second-order valence-corrected chi connectivity index (χ2v) is 4.28. The van der Waals surface area contributed by atoms with E-state index in [9.17, 15) is 18.0 Å². The molecule has 0 unspecified atom stereocenters. The Hall–Kier alpha value is -2.18. The fourth-order valence-corrected chi connectivity index (χ4v) is 1.90. The number of aryl methyl sites for hydroxylation is 1. The number of nitrogen functional groups attached to an aromatic ring is 1. The normalized spacial score (nSPS) is 11.8. The third-order valence-corrected chi connectivity index (χ3v) is 2.75. The number of aromatic nitrogens is 2. The van der Waals surface area contributed by atoms with Gasteiger partial charge >= 0.3 is 6.18 Å². The number of nitrogens with two attached hydrogens (primary N) is 1. The van der Waals surface area contributed by atoms with E-state index in [1.54, 1.807) is 0 Å². The Kier molecular flexibility index (Phi) is 3.13. The highest BCUT2D eigenvalue weighted by atomic mass is 19.4. The van der Waals surface area contributed by atoms with Crippen LogP contribution in [0.5, 0.6) is 0 Å². The molecule has 19 heavy (non-hydrogen) atoms. The first-order valence-electron chi connectivity index (χ1n) is 5.49. The molecule has 2 aromatic rings. The zero-order valence-corrected chi connectivity index (χ0v) is 10.1. The summed E-state index contributed by atoms with van der Waals surface area (Å²) < 4.78 is 39.0. The van der Waals surface area contributed by atoms with Crippen LogP contribution in [0.3, 0.4) is 0 Å². The summed E-state index contributed by atoms with van der Waals surface area (Å²) in [6.07, 6.45) is -4.36. The van der Waals surface area contributed by atoms with Gasteiger partial charge in [0.25, 0.3) is 5.56 Å². The molecule has 0 aliphatic heterocycles. The van der Waals surface area contributed by atoms with Crippen molar-refractivity contribution in [1.29, 1.82) is 0 Å². The van der Waals surface area contributed by atoms with E-state index >= 15 is 0 Å². The fourth-order valence-electron chi connectivity index (χ4n) is 1.90. The van der Waals surface area contributed by atoms with Crippen LogP contribution in [-0.2, 0) is 12.7 Å². The molecule has 0 amide bonds. The number of aromatic amines is 1. The van der Waals surface area contributed by atoms with Gasteiger partial charge in [-0.1, -0.05) is 12.1 Å². The predicted molar refractivity (Wildman–Crippen MR) is 64.7 cm³/mol. The van der Waals surface area contributed by atoms with Gasteiger partial charge in [-0.25, -0.2) is 4.68 Å². The lowest BCUT2D eigenvalue weighted by Gasteiger charge is -2.11. The Labute approximate surface area is 106 Å². The number of H-pyrrole nitrogens is 1. The number of hydrogen-bond donors (Lipinski definition) is 2. The second kappa shape index (κ2) is 4.49. The molecular weight excluding hydrogens is 259 g/mol. The first-order chi connectivity index (χ1) is 8.77. The topological polar surface area (TPSA) is 63.8 Å². The van der Waals surface area contributed by atoms with Crippen LogP contribution in [0.25, 0.3) is 0 Å². The molecule has 0 saturated carbocycles. The van der Waals surface area contributed by atoms with Crippen LogP contribution in [0.1, 0.15) is 16.7 Å². The Balaban J connectivity index is 2.31. The summed E-state index contributed by atoms with van der Waals surface area (Å²) in [4.78, 5) is 11.4. The highest BCUT2D eigenvalue weighted by molar-refractivity contribution is 5.33. The maximum absolute atomic E-state index is 12.6. The van der Waals surface area contributed by atoms with Crippen molar-refractivity contribution in [2.45, 2.75) is 19.6 Å². The van der Waals surface area contributed by atoms with Crippen LogP contribution < -0.4 is 11.3 Å². The standard InChI is InChI=1S/C12H12F3N3O/c1-7-4-8(2-3-9(7)12(13,14)15)6-18-11(19)5-10(16)17-18/h2-5,17H,6,16H2,1H3. The number of alkyl halides is 3. The minimum atomic E-state index is -4.36. The SMILES string of the molecule is Cc1cc(Cn2[nH]c(N)cc2=O)ccc1C(F)(F)F. The highest BCUT2D eigenvalue weighted by Gasteiger charge is 2.32. The summed E-state index contributed by atoms with van der Waals surface area (Å²) in [5.74, 6) is 0.216. The van der Waals surface area contributed by atoms with E-state index in [1.165, 1.54) is 29.8 Å². The number of benzene rings is 1. The van der Waals surface area contributed by atoms with Crippen LogP contribution in [0, 0.1) is 6.92 Å². The van der Waals surface area contributed by atoms with E-state index in [2.05, 4.69) is 5.10 Å². The Morgan fingerprint density at radius 1 is 1.32 bits per heavy atom. The van der Waals surface area contributed by atoms with Gasteiger partial charge in [-0.15, -0.1) is 0 Å².